The van der Waals surface area contributed by atoms with E-state index in [1.807, 2.05) is 20.2 Å². The highest BCUT2D eigenvalue weighted by atomic mass is 35.5. The minimum absolute atomic E-state index is 0.149. The lowest BCUT2D eigenvalue weighted by molar-refractivity contribution is 0.296. The topological polar surface area (TPSA) is 136 Å². The quantitative estimate of drug-likeness (QED) is 0.351. The fourth-order valence-electron chi connectivity index (χ4n) is 3.32. The van der Waals surface area contributed by atoms with Crippen molar-refractivity contribution in [2.24, 2.45) is 18.5 Å². The van der Waals surface area contributed by atoms with Crippen molar-refractivity contribution in [1.29, 1.82) is 0 Å². The maximum Gasteiger partial charge on any atom is 0.191 e. The minimum Gasteiger partial charge on any atom is -0.438 e. The fraction of sp³-hybridized carbons (Fsp3) is 0.316. The van der Waals surface area contributed by atoms with Crippen molar-refractivity contribution in [3.8, 4) is 17.1 Å². The number of piperazine rings is 1. The molecule has 11 heteroatoms. The molecule has 1 aliphatic rings. The van der Waals surface area contributed by atoms with Gasteiger partial charge >= 0.3 is 0 Å². The van der Waals surface area contributed by atoms with Gasteiger partial charge in [0.2, 0.25) is 0 Å². The Kier molecular flexibility index (Phi) is 5.51. The van der Waals surface area contributed by atoms with Crippen molar-refractivity contribution in [2.45, 2.75) is 6.92 Å². The van der Waals surface area contributed by atoms with Gasteiger partial charge in [-0.05, 0) is 13.0 Å². The average Bonchev–Trinajstić information content (AvgIpc) is 3.31. The molecular formula is C19H24ClN9O. The summed E-state index contributed by atoms with van der Waals surface area (Å²) in [6.45, 7) is 5.40. The van der Waals surface area contributed by atoms with E-state index in [2.05, 4.69) is 30.3 Å². The second-order valence-corrected chi connectivity index (χ2v) is 7.43. The third kappa shape index (κ3) is 4.05. The summed E-state index contributed by atoms with van der Waals surface area (Å²) in [5.41, 5.74) is 14.9. The highest BCUT2D eigenvalue weighted by molar-refractivity contribution is 6.32. The van der Waals surface area contributed by atoms with Crippen molar-refractivity contribution in [2.75, 3.05) is 26.2 Å². The predicted molar refractivity (Wildman–Crippen MR) is 115 cm³/mol. The molecule has 0 spiro atoms. The van der Waals surface area contributed by atoms with Gasteiger partial charge in [-0.1, -0.05) is 11.6 Å². The van der Waals surface area contributed by atoms with Gasteiger partial charge in [-0.2, -0.15) is 5.10 Å². The number of aromatic amines is 1. The second-order valence-electron chi connectivity index (χ2n) is 7.02. The lowest BCUT2D eigenvalue weighted by atomic mass is 10.2. The van der Waals surface area contributed by atoms with E-state index in [0.29, 0.717) is 33.6 Å². The van der Waals surface area contributed by atoms with Crippen LogP contribution in [-0.4, -0.2) is 55.8 Å². The van der Waals surface area contributed by atoms with Crippen molar-refractivity contribution in [3.63, 3.8) is 0 Å². The van der Waals surface area contributed by atoms with Gasteiger partial charge in [-0.3, -0.25) is 4.68 Å². The number of nitrogens with zero attached hydrogens (tertiary/aromatic N) is 5. The molecule has 0 aliphatic carbocycles. The first-order chi connectivity index (χ1) is 14.4. The van der Waals surface area contributed by atoms with Crippen LogP contribution in [0.5, 0.6) is 5.75 Å². The molecule has 0 amide bonds. The van der Waals surface area contributed by atoms with E-state index in [1.165, 1.54) is 6.20 Å². The Morgan fingerprint density at radius 1 is 1.27 bits per heavy atom. The normalized spacial score (nSPS) is 15.8. The average molecular weight is 430 g/mol. The number of nitrogens with two attached hydrogens (primary N) is 2. The summed E-state index contributed by atoms with van der Waals surface area (Å²) in [6.07, 6.45) is 6.71. The van der Waals surface area contributed by atoms with E-state index in [1.54, 1.807) is 16.8 Å². The molecule has 3 aromatic rings. The summed E-state index contributed by atoms with van der Waals surface area (Å²) < 4.78 is 7.55. The van der Waals surface area contributed by atoms with Gasteiger partial charge in [0.15, 0.2) is 17.3 Å². The molecule has 0 unspecified atom stereocenters. The summed E-state index contributed by atoms with van der Waals surface area (Å²) in [5.74, 6) is 1.76. The number of H-pyrrole nitrogens is 1. The summed E-state index contributed by atoms with van der Waals surface area (Å²) in [5, 5.41) is 7.95. The predicted octanol–water partition coefficient (Wildman–Crippen LogP) is 1.20. The Morgan fingerprint density at radius 3 is 2.73 bits per heavy atom. The van der Waals surface area contributed by atoms with E-state index in [4.69, 9.17) is 27.8 Å². The van der Waals surface area contributed by atoms with Crippen LogP contribution in [-0.2, 0) is 7.05 Å². The van der Waals surface area contributed by atoms with Crippen LogP contribution in [0.1, 0.15) is 5.69 Å². The minimum atomic E-state index is 0.149. The molecule has 30 heavy (non-hydrogen) atoms. The Bertz CT molecular complexity index is 1120. The van der Waals surface area contributed by atoms with Crippen LogP contribution in [0.25, 0.3) is 22.6 Å². The summed E-state index contributed by atoms with van der Waals surface area (Å²) in [7, 11) is 1.86. The molecular weight excluding hydrogens is 406 g/mol. The molecule has 1 saturated heterocycles. The van der Waals surface area contributed by atoms with Crippen LogP contribution in [0, 0.1) is 6.92 Å². The summed E-state index contributed by atoms with van der Waals surface area (Å²) in [6, 6.07) is 0. The molecule has 0 radical (unpaired) electrons. The third-order valence-electron chi connectivity index (χ3n) is 4.82. The van der Waals surface area contributed by atoms with Crippen LogP contribution >= 0.6 is 11.6 Å². The number of ether oxygens (including phenoxy) is 1. The number of aromatic nitrogens is 5. The van der Waals surface area contributed by atoms with Gasteiger partial charge in [0.05, 0.1) is 23.3 Å². The molecule has 3 aromatic heterocycles. The van der Waals surface area contributed by atoms with Crippen molar-refractivity contribution >= 4 is 22.8 Å². The monoisotopic (exact) mass is 429 g/mol. The maximum atomic E-state index is 6.33. The first-order valence-corrected chi connectivity index (χ1v) is 9.91. The van der Waals surface area contributed by atoms with Gasteiger partial charge in [-0.15, -0.1) is 0 Å². The van der Waals surface area contributed by atoms with Crippen LogP contribution in [0.2, 0.25) is 5.02 Å². The van der Waals surface area contributed by atoms with E-state index in [0.717, 1.165) is 37.4 Å². The van der Waals surface area contributed by atoms with Crippen LogP contribution in [0.4, 0.5) is 0 Å². The van der Waals surface area contributed by atoms with E-state index < -0.39 is 0 Å². The number of pyridine rings is 1. The maximum absolute atomic E-state index is 6.33. The molecule has 0 atom stereocenters. The molecule has 0 saturated carbocycles. The summed E-state index contributed by atoms with van der Waals surface area (Å²) >= 11 is 6.33. The van der Waals surface area contributed by atoms with Gasteiger partial charge in [0, 0.05) is 45.5 Å². The van der Waals surface area contributed by atoms with Crippen LogP contribution < -0.4 is 21.5 Å². The van der Waals surface area contributed by atoms with E-state index >= 15 is 0 Å². The van der Waals surface area contributed by atoms with Crippen LogP contribution in [0.15, 0.2) is 36.2 Å². The highest BCUT2D eigenvalue weighted by Crippen LogP contribution is 2.33. The number of fused-ring (bicyclic) bond motifs is 1. The molecule has 10 nitrogen and oxygen atoms in total. The zero-order valence-electron chi connectivity index (χ0n) is 16.8. The lowest BCUT2D eigenvalue weighted by Gasteiger charge is -2.29. The van der Waals surface area contributed by atoms with Gasteiger partial charge in [0.25, 0.3) is 0 Å². The second kappa shape index (κ2) is 8.25. The first kappa shape index (κ1) is 20.0. The van der Waals surface area contributed by atoms with Crippen LogP contribution in [0.3, 0.4) is 0 Å². The number of aryl methyl sites for hydroxylation is 2. The third-order valence-corrected chi connectivity index (χ3v) is 5.09. The number of imidazole rings is 1. The molecule has 0 bridgehead atoms. The summed E-state index contributed by atoms with van der Waals surface area (Å²) in [4.78, 5) is 14.1. The first-order valence-electron chi connectivity index (χ1n) is 9.53. The molecule has 0 aromatic carbocycles. The number of hydrogen-bond acceptors (Lipinski definition) is 8. The Labute approximate surface area is 178 Å². The van der Waals surface area contributed by atoms with Crippen molar-refractivity contribution in [1.82, 2.24) is 34.9 Å². The molecule has 158 valence electrons. The zero-order valence-corrected chi connectivity index (χ0v) is 17.6. The Morgan fingerprint density at radius 2 is 2.03 bits per heavy atom. The zero-order chi connectivity index (χ0) is 21.3. The van der Waals surface area contributed by atoms with Gasteiger partial charge < -0.3 is 31.4 Å². The van der Waals surface area contributed by atoms with Crippen molar-refractivity contribution < 1.29 is 4.74 Å². The SMILES string of the molecule is Cc1nn(C)cc1-c1nc2ncc(Cl)c(O/C(N)=C/C=C(\N)N3CCNCC3)c2[nH]1. The molecule has 4 heterocycles. The van der Waals surface area contributed by atoms with Crippen molar-refractivity contribution in [3.05, 3.63) is 47.0 Å². The van der Waals surface area contributed by atoms with E-state index in [-0.39, 0.29) is 5.88 Å². The largest absolute Gasteiger partial charge is 0.438 e. The fourth-order valence-corrected chi connectivity index (χ4v) is 3.50. The standard InChI is InChI=1S/C19H24ClN9O/c1-11-12(10-28(2)27-11)18-25-16-17(13(20)9-24-19(16)26-18)30-15(22)4-3-14(21)29-7-5-23-6-8-29/h3-4,9-10,23H,5-8,21-22H2,1-2H3,(H,24,25,26)/b14-3+,15-4+. The Hall–Kier alpha value is -3.24. The van der Waals surface area contributed by atoms with E-state index in [9.17, 15) is 0 Å². The number of nitrogens with one attached hydrogen (secondary N) is 2. The number of hydrogen-bond donors (Lipinski definition) is 4. The smallest absolute Gasteiger partial charge is 0.191 e. The highest BCUT2D eigenvalue weighted by Gasteiger charge is 2.17. The lowest BCUT2D eigenvalue weighted by Crippen LogP contribution is -2.44. The number of rotatable bonds is 5. The number of allylic oxidation sites excluding steroid dienone is 2. The Balaban J connectivity index is 1.61. The molecule has 6 N–H and O–H groups in total. The molecule has 4 rings (SSSR count). The molecule has 1 fully saturated rings. The van der Waals surface area contributed by atoms with Gasteiger partial charge in [-0.25, -0.2) is 9.97 Å². The van der Waals surface area contributed by atoms with Gasteiger partial charge in [0.1, 0.15) is 16.4 Å². The number of halogens is 1. The molecule has 1 aliphatic heterocycles.